The van der Waals surface area contributed by atoms with Crippen molar-refractivity contribution in [3.05, 3.63) is 30.1 Å². The van der Waals surface area contributed by atoms with Gasteiger partial charge < -0.3 is 9.94 Å². The summed E-state index contributed by atoms with van der Waals surface area (Å²) in [6.45, 7) is 0. The van der Waals surface area contributed by atoms with Gasteiger partial charge in [0.25, 0.3) is 0 Å². The van der Waals surface area contributed by atoms with E-state index in [0.29, 0.717) is 12.8 Å². The molecule has 1 fully saturated rings. The van der Waals surface area contributed by atoms with Gasteiger partial charge in [-0.3, -0.25) is 9.78 Å². The topological polar surface area (TPSA) is 71.8 Å². The Kier molecular flexibility index (Phi) is 2.97. The molecule has 1 aliphatic heterocycles. The Morgan fingerprint density at radius 2 is 2.42 bits per heavy atom. The zero-order valence-corrected chi connectivity index (χ0v) is 10.5. The van der Waals surface area contributed by atoms with Gasteiger partial charge in [0.15, 0.2) is 0 Å². The summed E-state index contributed by atoms with van der Waals surface area (Å²) in [6, 6.07) is 3.87. The standard InChI is InChI=1S/C14H16N2O3/c17-13(18)10-3-4-14(5-7-16-19-14)12(8-10)11-2-1-6-15-9-11/h1-2,6-7,9-10,12H,3-5,8H2,(H,17,18). The normalized spacial score (nSPS) is 33.3. The molecule has 0 radical (unpaired) electrons. The molecular weight excluding hydrogens is 244 g/mol. The number of oxime groups is 1. The van der Waals surface area contributed by atoms with Gasteiger partial charge in [0.05, 0.1) is 5.92 Å². The molecule has 0 saturated heterocycles. The third-order valence-electron chi connectivity index (χ3n) is 4.25. The number of carboxylic acids is 1. The van der Waals surface area contributed by atoms with E-state index < -0.39 is 5.97 Å². The Hall–Kier alpha value is -1.91. The summed E-state index contributed by atoms with van der Waals surface area (Å²) < 4.78 is 0. The van der Waals surface area contributed by atoms with Gasteiger partial charge in [0, 0.05) is 30.9 Å². The van der Waals surface area contributed by atoms with Crippen LogP contribution >= 0.6 is 0 Å². The number of rotatable bonds is 2. The molecule has 3 rings (SSSR count). The van der Waals surface area contributed by atoms with Crippen LogP contribution in [0.15, 0.2) is 29.7 Å². The van der Waals surface area contributed by atoms with Crippen molar-refractivity contribution in [3.8, 4) is 0 Å². The van der Waals surface area contributed by atoms with Crippen molar-refractivity contribution in [2.45, 2.75) is 37.2 Å². The number of carbonyl (C=O) groups is 1. The van der Waals surface area contributed by atoms with E-state index in [1.54, 1.807) is 18.6 Å². The van der Waals surface area contributed by atoms with Crippen LogP contribution in [0.1, 0.15) is 37.2 Å². The Labute approximate surface area is 111 Å². The first kappa shape index (κ1) is 12.1. The molecule has 1 spiro atoms. The highest BCUT2D eigenvalue weighted by atomic mass is 16.7. The first-order chi connectivity index (χ1) is 9.21. The minimum absolute atomic E-state index is 0.0403. The molecule has 1 saturated carbocycles. The van der Waals surface area contributed by atoms with Crippen LogP contribution < -0.4 is 0 Å². The Bertz CT molecular complexity index is 493. The monoisotopic (exact) mass is 260 g/mol. The third kappa shape index (κ3) is 2.09. The van der Waals surface area contributed by atoms with Crippen LogP contribution in [-0.2, 0) is 9.63 Å². The molecule has 0 amide bonds. The van der Waals surface area contributed by atoms with E-state index in [0.717, 1.165) is 18.4 Å². The molecule has 0 bridgehead atoms. The fourth-order valence-corrected chi connectivity index (χ4v) is 3.18. The Balaban J connectivity index is 1.92. The van der Waals surface area contributed by atoms with Crippen LogP contribution in [0, 0.1) is 5.92 Å². The van der Waals surface area contributed by atoms with Crippen LogP contribution in [0.2, 0.25) is 0 Å². The summed E-state index contributed by atoms with van der Waals surface area (Å²) >= 11 is 0. The number of aromatic nitrogens is 1. The fraction of sp³-hybridized carbons (Fsp3) is 0.500. The lowest BCUT2D eigenvalue weighted by Gasteiger charge is -2.41. The Morgan fingerprint density at radius 1 is 1.53 bits per heavy atom. The number of nitrogens with zero attached hydrogens (tertiary/aromatic N) is 2. The molecule has 2 aliphatic rings. The maximum absolute atomic E-state index is 11.2. The molecule has 1 aromatic heterocycles. The molecular formula is C14H16N2O3. The number of pyridine rings is 1. The number of hydrogen-bond acceptors (Lipinski definition) is 4. The van der Waals surface area contributed by atoms with Gasteiger partial charge >= 0.3 is 5.97 Å². The molecule has 1 N–H and O–H groups in total. The lowest BCUT2D eigenvalue weighted by atomic mass is 9.67. The minimum atomic E-state index is -0.720. The highest BCUT2D eigenvalue weighted by Crippen LogP contribution is 2.48. The average Bonchev–Trinajstić information content (AvgIpc) is 2.89. The van der Waals surface area contributed by atoms with E-state index in [1.165, 1.54) is 0 Å². The van der Waals surface area contributed by atoms with Crippen molar-refractivity contribution >= 4 is 12.2 Å². The van der Waals surface area contributed by atoms with Crippen molar-refractivity contribution < 1.29 is 14.7 Å². The number of aliphatic carboxylic acids is 1. The quantitative estimate of drug-likeness (QED) is 0.884. The van der Waals surface area contributed by atoms with Crippen LogP contribution in [-0.4, -0.2) is 27.9 Å². The Morgan fingerprint density at radius 3 is 3.05 bits per heavy atom. The highest BCUT2D eigenvalue weighted by molar-refractivity contribution is 5.70. The maximum Gasteiger partial charge on any atom is 0.306 e. The second kappa shape index (κ2) is 4.64. The summed E-state index contributed by atoms with van der Waals surface area (Å²) in [6.07, 6.45) is 8.02. The first-order valence-electron chi connectivity index (χ1n) is 6.54. The van der Waals surface area contributed by atoms with Gasteiger partial charge in [-0.15, -0.1) is 0 Å². The summed E-state index contributed by atoms with van der Waals surface area (Å²) in [7, 11) is 0. The van der Waals surface area contributed by atoms with Crippen molar-refractivity contribution in [2.24, 2.45) is 11.1 Å². The van der Waals surface area contributed by atoms with Gasteiger partial charge in [-0.05, 0) is 30.9 Å². The smallest absolute Gasteiger partial charge is 0.306 e. The second-order valence-electron chi connectivity index (χ2n) is 5.30. The number of carboxylic acid groups (broad SMARTS) is 1. The average molecular weight is 260 g/mol. The highest BCUT2D eigenvalue weighted by Gasteiger charge is 2.49. The van der Waals surface area contributed by atoms with Crippen molar-refractivity contribution in [1.29, 1.82) is 0 Å². The predicted molar refractivity (Wildman–Crippen MR) is 68.9 cm³/mol. The van der Waals surface area contributed by atoms with E-state index in [2.05, 4.69) is 10.1 Å². The molecule has 3 atom stereocenters. The summed E-state index contributed by atoms with van der Waals surface area (Å²) in [5.41, 5.74) is 0.675. The minimum Gasteiger partial charge on any atom is -0.481 e. The maximum atomic E-state index is 11.2. The van der Waals surface area contributed by atoms with E-state index in [1.807, 2.05) is 12.1 Å². The molecule has 100 valence electrons. The molecule has 5 nitrogen and oxygen atoms in total. The van der Waals surface area contributed by atoms with Gasteiger partial charge in [-0.2, -0.15) is 0 Å². The van der Waals surface area contributed by atoms with E-state index in [9.17, 15) is 9.90 Å². The van der Waals surface area contributed by atoms with Gasteiger partial charge in [-0.1, -0.05) is 11.2 Å². The zero-order chi connectivity index (χ0) is 13.3. The molecule has 1 aliphatic carbocycles. The lowest BCUT2D eigenvalue weighted by molar-refractivity contribution is -0.146. The predicted octanol–water partition coefficient (Wildman–Crippen LogP) is 2.19. The zero-order valence-electron chi connectivity index (χ0n) is 10.5. The van der Waals surface area contributed by atoms with Crippen LogP contribution in [0.25, 0.3) is 0 Å². The van der Waals surface area contributed by atoms with Gasteiger partial charge in [-0.25, -0.2) is 0 Å². The third-order valence-corrected chi connectivity index (χ3v) is 4.25. The van der Waals surface area contributed by atoms with Crippen LogP contribution in [0.3, 0.4) is 0 Å². The van der Waals surface area contributed by atoms with Gasteiger partial charge in [0.2, 0.25) is 0 Å². The van der Waals surface area contributed by atoms with Crippen molar-refractivity contribution in [3.63, 3.8) is 0 Å². The molecule has 5 heteroatoms. The van der Waals surface area contributed by atoms with Crippen LogP contribution in [0.4, 0.5) is 0 Å². The largest absolute Gasteiger partial charge is 0.481 e. The fourth-order valence-electron chi connectivity index (χ4n) is 3.18. The van der Waals surface area contributed by atoms with Crippen molar-refractivity contribution in [2.75, 3.05) is 0 Å². The number of hydrogen-bond donors (Lipinski definition) is 1. The molecule has 2 heterocycles. The van der Waals surface area contributed by atoms with Crippen molar-refractivity contribution in [1.82, 2.24) is 4.98 Å². The lowest BCUT2D eigenvalue weighted by Crippen LogP contribution is -2.42. The van der Waals surface area contributed by atoms with E-state index >= 15 is 0 Å². The van der Waals surface area contributed by atoms with Gasteiger partial charge in [0.1, 0.15) is 5.60 Å². The molecule has 3 unspecified atom stereocenters. The van der Waals surface area contributed by atoms with E-state index in [-0.39, 0.29) is 17.4 Å². The second-order valence-corrected chi connectivity index (χ2v) is 5.30. The summed E-state index contributed by atoms with van der Waals surface area (Å²) in [5.74, 6) is -0.985. The molecule has 1 aromatic rings. The molecule has 19 heavy (non-hydrogen) atoms. The first-order valence-corrected chi connectivity index (χ1v) is 6.54. The summed E-state index contributed by atoms with van der Waals surface area (Å²) in [5, 5.41) is 13.2. The SMILES string of the molecule is O=C(O)C1CCC2(CC=NO2)C(c2cccnc2)C1. The van der Waals surface area contributed by atoms with Crippen LogP contribution in [0.5, 0.6) is 0 Å². The summed E-state index contributed by atoms with van der Waals surface area (Å²) in [4.78, 5) is 21.0. The molecule has 0 aromatic carbocycles. The van der Waals surface area contributed by atoms with E-state index in [4.69, 9.17) is 4.84 Å².